The molecule has 1 saturated carbocycles. The van der Waals surface area contributed by atoms with Crippen molar-refractivity contribution in [3.05, 3.63) is 36.1 Å². The monoisotopic (exact) mass is 190 g/mol. The molecule has 0 bridgehead atoms. The van der Waals surface area contributed by atoms with Crippen molar-refractivity contribution in [3.8, 4) is 0 Å². The zero-order valence-corrected chi connectivity index (χ0v) is 7.90. The number of nitrogens with one attached hydrogen (secondary N) is 2. The number of rotatable bonds is 2. The van der Waals surface area contributed by atoms with Gasteiger partial charge in [0.1, 0.15) is 0 Å². The van der Waals surface area contributed by atoms with Crippen LogP contribution in [-0.2, 0) is 0 Å². The number of allylic oxidation sites excluding steroid dienone is 5. The SMILES string of the molecule is N=C1C=CC=C/C1=C/NC1CC(O)C1. The molecule has 2 aliphatic rings. The highest BCUT2D eigenvalue weighted by Gasteiger charge is 2.25. The predicted octanol–water partition coefficient (Wildman–Crippen LogP) is 1.13. The van der Waals surface area contributed by atoms with Crippen molar-refractivity contribution in [1.29, 1.82) is 5.41 Å². The second-order valence-electron chi connectivity index (χ2n) is 3.72. The fraction of sp³-hybridized carbons (Fsp3) is 0.364. The first-order valence-electron chi connectivity index (χ1n) is 4.83. The Balaban J connectivity index is 1.88. The molecule has 0 aromatic heterocycles. The average molecular weight is 190 g/mol. The van der Waals surface area contributed by atoms with Gasteiger partial charge in [0, 0.05) is 17.8 Å². The molecule has 1 fully saturated rings. The van der Waals surface area contributed by atoms with Gasteiger partial charge in [-0.25, -0.2) is 0 Å². The van der Waals surface area contributed by atoms with Crippen LogP contribution in [-0.4, -0.2) is 23.0 Å². The van der Waals surface area contributed by atoms with Crippen LogP contribution >= 0.6 is 0 Å². The van der Waals surface area contributed by atoms with Crippen LogP contribution in [0.1, 0.15) is 12.8 Å². The van der Waals surface area contributed by atoms with E-state index in [2.05, 4.69) is 5.32 Å². The summed E-state index contributed by atoms with van der Waals surface area (Å²) in [7, 11) is 0. The summed E-state index contributed by atoms with van der Waals surface area (Å²) in [4.78, 5) is 0. The Kier molecular flexibility index (Phi) is 2.50. The summed E-state index contributed by atoms with van der Waals surface area (Å²) < 4.78 is 0. The Morgan fingerprint density at radius 2 is 2.07 bits per heavy atom. The number of aliphatic hydroxyl groups excluding tert-OH is 1. The van der Waals surface area contributed by atoms with Gasteiger partial charge in [0.2, 0.25) is 0 Å². The summed E-state index contributed by atoms with van der Waals surface area (Å²) in [5, 5.41) is 19.9. The van der Waals surface area contributed by atoms with E-state index in [-0.39, 0.29) is 6.10 Å². The Labute approximate surface area is 83.3 Å². The lowest BCUT2D eigenvalue weighted by atomic mass is 9.89. The second kappa shape index (κ2) is 3.80. The summed E-state index contributed by atoms with van der Waals surface area (Å²) in [6.07, 6.45) is 10.8. The lowest BCUT2D eigenvalue weighted by Crippen LogP contribution is -2.42. The number of hydrogen-bond donors (Lipinski definition) is 3. The maximum atomic E-state index is 9.08. The van der Waals surface area contributed by atoms with Crippen LogP contribution in [0, 0.1) is 5.41 Å². The maximum absolute atomic E-state index is 9.08. The third-order valence-corrected chi connectivity index (χ3v) is 2.55. The Morgan fingerprint density at radius 1 is 1.36 bits per heavy atom. The van der Waals surface area contributed by atoms with Gasteiger partial charge in [0.15, 0.2) is 0 Å². The van der Waals surface area contributed by atoms with Crippen molar-refractivity contribution < 1.29 is 5.11 Å². The molecule has 0 saturated heterocycles. The first kappa shape index (κ1) is 9.21. The molecule has 0 amide bonds. The summed E-state index contributed by atoms with van der Waals surface area (Å²) >= 11 is 0. The minimum Gasteiger partial charge on any atom is -0.393 e. The summed E-state index contributed by atoms with van der Waals surface area (Å²) in [5.41, 5.74) is 1.42. The predicted molar refractivity (Wildman–Crippen MR) is 56.3 cm³/mol. The van der Waals surface area contributed by atoms with Gasteiger partial charge in [-0.05, 0) is 18.9 Å². The van der Waals surface area contributed by atoms with Gasteiger partial charge >= 0.3 is 0 Å². The van der Waals surface area contributed by atoms with Crippen molar-refractivity contribution >= 4 is 5.71 Å². The number of aliphatic hydroxyl groups is 1. The molecule has 0 spiro atoms. The highest BCUT2D eigenvalue weighted by atomic mass is 16.3. The molecular weight excluding hydrogens is 176 g/mol. The van der Waals surface area contributed by atoms with Crippen molar-refractivity contribution in [2.75, 3.05) is 0 Å². The van der Waals surface area contributed by atoms with Crippen LogP contribution in [0.2, 0.25) is 0 Å². The van der Waals surface area contributed by atoms with E-state index < -0.39 is 0 Å². The van der Waals surface area contributed by atoms with E-state index >= 15 is 0 Å². The van der Waals surface area contributed by atoms with Gasteiger partial charge < -0.3 is 15.8 Å². The normalized spacial score (nSPS) is 33.2. The van der Waals surface area contributed by atoms with Crippen LogP contribution in [0.15, 0.2) is 36.1 Å². The zero-order chi connectivity index (χ0) is 9.97. The number of hydrogen-bond acceptors (Lipinski definition) is 3. The second-order valence-corrected chi connectivity index (χ2v) is 3.72. The van der Waals surface area contributed by atoms with Crippen molar-refractivity contribution in [2.24, 2.45) is 0 Å². The summed E-state index contributed by atoms with van der Waals surface area (Å²) in [5.74, 6) is 0. The molecule has 0 aromatic rings. The molecule has 14 heavy (non-hydrogen) atoms. The highest BCUT2D eigenvalue weighted by Crippen LogP contribution is 2.19. The van der Waals surface area contributed by atoms with E-state index in [0.29, 0.717) is 11.8 Å². The quantitative estimate of drug-likeness (QED) is 0.611. The molecule has 74 valence electrons. The average Bonchev–Trinajstić information content (AvgIpc) is 2.13. The van der Waals surface area contributed by atoms with E-state index in [1.807, 2.05) is 24.4 Å². The molecule has 2 aliphatic carbocycles. The molecule has 0 radical (unpaired) electrons. The fourth-order valence-electron chi connectivity index (χ4n) is 1.55. The van der Waals surface area contributed by atoms with Crippen LogP contribution in [0.4, 0.5) is 0 Å². The summed E-state index contributed by atoms with van der Waals surface area (Å²) in [6, 6.07) is 0.379. The molecule has 3 heteroatoms. The molecular formula is C11H14N2O. The third kappa shape index (κ3) is 1.93. The lowest BCUT2D eigenvalue weighted by Gasteiger charge is -2.31. The van der Waals surface area contributed by atoms with E-state index in [4.69, 9.17) is 10.5 Å². The Hall–Kier alpha value is -1.35. The Morgan fingerprint density at radius 3 is 2.71 bits per heavy atom. The summed E-state index contributed by atoms with van der Waals surface area (Å²) in [6.45, 7) is 0. The van der Waals surface area contributed by atoms with Crippen LogP contribution in [0.5, 0.6) is 0 Å². The topological polar surface area (TPSA) is 56.1 Å². The molecule has 0 atom stereocenters. The maximum Gasteiger partial charge on any atom is 0.0626 e. The van der Waals surface area contributed by atoms with Gasteiger partial charge in [-0.2, -0.15) is 0 Å². The first-order valence-corrected chi connectivity index (χ1v) is 4.83. The molecule has 3 N–H and O–H groups in total. The van der Waals surface area contributed by atoms with Crippen molar-refractivity contribution in [1.82, 2.24) is 5.32 Å². The largest absolute Gasteiger partial charge is 0.393 e. The minimum absolute atomic E-state index is 0.132. The van der Waals surface area contributed by atoms with E-state index in [0.717, 1.165) is 18.4 Å². The standard InChI is InChI=1S/C11H14N2O/c12-11-4-2-1-3-8(11)7-13-9-5-10(14)6-9/h1-4,7,9-10,12-14H,5-6H2/b8-7-,12-11?. The van der Waals surface area contributed by atoms with Gasteiger partial charge in [-0.1, -0.05) is 18.2 Å². The van der Waals surface area contributed by atoms with Crippen molar-refractivity contribution in [2.45, 2.75) is 25.0 Å². The van der Waals surface area contributed by atoms with Gasteiger partial charge in [0.05, 0.1) is 11.8 Å². The van der Waals surface area contributed by atoms with Crippen LogP contribution in [0.3, 0.4) is 0 Å². The molecule has 0 heterocycles. The van der Waals surface area contributed by atoms with Gasteiger partial charge in [0.25, 0.3) is 0 Å². The first-order chi connectivity index (χ1) is 6.75. The van der Waals surface area contributed by atoms with E-state index in [9.17, 15) is 0 Å². The molecule has 0 unspecified atom stereocenters. The van der Waals surface area contributed by atoms with E-state index in [1.165, 1.54) is 0 Å². The fourth-order valence-corrected chi connectivity index (χ4v) is 1.55. The zero-order valence-electron chi connectivity index (χ0n) is 7.90. The lowest BCUT2D eigenvalue weighted by molar-refractivity contribution is 0.0678. The highest BCUT2D eigenvalue weighted by molar-refractivity contribution is 6.09. The Bertz CT molecular complexity index is 322. The van der Waals surface area contributed by atoms with E-state index in [1.54, 1.807) is 6.08 Å². The van der Waals surface area contributed by atoms with Gasteiger partial charge in [-0.15, -0.1) is 0 Å². The molecule has 0 aromatic carbocycles. The molecule has 0 aliphatic heterocycles. The molecule has 2 rings (SSSR count). The van der Waals surface area contributed by atoms with Crippen LogP contribution < -0.4 is 5.32 Å². The van der Waals surface area contributed by atoms with Crippen molar-refractivity contribution in [3.63, 3.8) is 0 Å². The molecule has 3 nitrogen and oxygen atoms in total. The third-order valence-electron chi connectivity index (χ3n) is 2.55. The van der Waals surface area contributed by atoms with Gasteiger partial charge in [-0.3, -0.25) is 0 Å². The minimum atomic E-state index is -0.132. The smallest absolute Gasteiger partial charge is 0.0626 e. The van der Waals surface area contributed by atoms with Crippen LogP contribution in [0.25, 0.3) is 0 Å².